The van der Waals surface area contributed by atoms with E-state index in [1.807, 2.05) is 24.3 Å². The quantitative estimate of drug-likeness (QED) is 0.795. The molecule has 2 aromatic carbocycles. The molecule has 0 N–H and O–H groups in total. The molecule has 142 valence electrons. The van der Waals surface area contributed by atoms with E-state index in [0.717, 1.165) is 23.3 Å². The van der Waals surface area contributed by atoms with Crippen molar-refractivity contribution in [2.45, 2.75) is 30.2 Å². The molecule has 5 nitrogen and oxygen atoms in total. The number of halogens is 1. The van der Waals surface area contributed by atoms with Crippen molar-refractivity contribution >= 4 is 15.9 Å². The summed E-state index contributed by atoms with van der Waals surface area (Å²) >= 11 is 0. The van der Waals surface area contributed by atoms with Crippen LogP contribution in [0.5, 0.6) is 0 Å². The van der Waals surface area contributed by atoms with Crippen LogP contribution < -0.4 is 0 Å². The number of rotatable bonds is 2. The second kappa shape index (κ2) is 6.14. The fourth-order valence-electron chi connectivity index (χ4n) is 4.09. The number of carbonyl (C=O) groups excluding carboxylic acids is 1. The maximum atomic E-state index is 13.2. The summed E-state index contributed by atoms with van der Waals surface area (Å²) in [6.45, 7) is 4.74. The summed E-state index contributed by atoms with van der Waals surface area (Å²) in [5, 5.41) is 0. The molecule has 1 unspecified atom stereocenters. The highest BCUT2D eigenvalue weighted by Gasteiger charge is 2.45. The van der Waals surface area contributed by atoms with Gasteiger partial charge in [-0.25, -0.2) is 12.8 Å². The highest BCUT2D eigenvalue weighted by Crippen LogP contribution is 2.42. The van der Waals surface area contributed by atoms with Gasteiger partial charge in [0.1, 0.15) is 5.82 Å². The fraction of sp³-hybridized carbons (Fsp3) is 0.350. The highest BCUT2D eigenvalue weighted by molar-refractivity contribution is 7.89. The smallest absolute Gasteiger partial charge is 0.243 e. The summed E-state index contributed by atoms with van der Waals surface area (Å²) in [5.74, 6) is -0.710. The third kappa shape index (κ3) is 2.95. The zero-order valence-corrected chi connectivity index (χ0v) is 16.0. The lowest BCUT2D eigenvalue weighted by Crippen LogP contribution is -2.58. The van der Waals surface area contributed by atoms with E-state index in [0.29, 0.717) is 6.54 Å². The number of hydrogen-bond donors (Lipinski definition) is 0. The monoisotopic (exact) mass is 388 g/mol. The van der Waals surface area contributed by atoms with Crippen LogP contribution in [0.2, 0.25) is 0 Å². The van der Waals surface area contributed by atoms with Crippen LogP contribution >= 0.6 is 0 Å². The van der Waals surface area contributed by atoms with E-state index in [1.54, 1.807) is 4.90 Å². The molecular formula is C20H21FN2O3S. The van der Waals surface area contributed by atoms with E-state index in [1.165, 1.54) is 16.4 Å². The summed E-state index contributed by atoms with van der Waals surface area (Å²) in [7, 11) is -3.87. The Morgan fingerprint density at radius 2 is 1.74 bits per heavy atom. The number of piperazine rings is 1. The number of amides is 1. The molecule has 1 amide bonds. The van der Waals surface area contributed by atoms with Gasteiger partial charge in [0.05, 0.1) is 17.5 Å². The first kappa shape index (κ1) is 18.1. The molecular weight excluding hydrogens is 367 g/mol. The van der Waals surface area contributed by atoms with E-state index < -0.39 is 15.8 Å². The van der Waals surface area contributed by atoms with Gasteiger partial charge in [0.25, 0.3) is 0 Å². The molecule has 2 heterocycles. The number of carbonyl (C=O) groups is 1. The van der Waals surface area contributed by atoms with Crippen molar-refractivity contribution < 1.29 is 17.6 Å². The molecule has 1 saturated heterocycles. The second-order valence-corrected chi connectivity index (χ2v) is 9.70. The van der Waals surface area contributed by atoms with Crippen LogP contribution in [0.15, 0.2) is 53.4 Å². The van der Waals surface area contributed by atoms with Gasteiger partial charge in [-0.2, -0.15) is 4.31 Å². The molecule has 2 aliphatic heterocycles. The minimum atomic E-state index is -3.87. The molecule has 0 bridgehead atoms. The number of hydrogen-bond acceptors (Lipinski definition) is 3. The summed E-state index contributed by atoms with van der Waals surface area (Å²) in [5.41, 5.74) is 1.93. The van der Waals surface area contributed by atoms with E-state index in [-0.39, 0.29) is 35.3 Å². The average Bonchev–Trinajstić information content (AvgIpc) is 2.63. The predicted octanol–water partition coefficient (Wildman–Crippen LogP) is 2.69. The Morgan fingerprint density at radius 3 is 2.44 bits per heavy atom. The van der Waals surface area contributed by atoms with E-state index in [2.05, 4.69) is 13.8 Å². The van der Waals surface area contributed by atoms with Crippen molar-refractivity contribution in [1.82, 2.24) is 9.21 Å². The summed E-state index contributed by atoms with van der Waals surface area (Å²) < 4.78 is 40.4. The Hall–Kier alpha value is -2.25. The fourth-order valence-corrected chi connectivity index (χ4v) is 5.49. The van der Waals surface area contributed by atoms with Crippen molar-refractivity contribution in [3.8, 4) is 0 Å². The van der Waals surface area contributed by atoms with Crippen LogP contribution in [-0.2, 0) is 20.2 Å². The first-order valence-corrected chi connectivity index (χ1v) is 10.3. The van der Waals surface area contributed by atoms with Crippen LogP contribution in [0.1, 0.15) is 31.0 Å². The summed E-state index contributed by atoms with van der Waals surface area (Å²) in [6, 6.07) is 12.3. The van der Waals surface area contributed by atoms with Gasteiger partial charge in [0.2, 0.25) is 15.9 Å². The molecule has 2 aromatic rings. The second-order valence-electron chi connectivity index (χ2n) is 7.76. The third-order valence-electron chi connectivity index (χ3n) is 5.45. The maximum absolute atomic E-state index is 13.2. The van der Waals surface area contributed by atoms with Crippen LogP contribution in [0.4, 0.5) is 4.39 Å². The number of benzene rings is 2. The molecule has 7 heteroatoms. The predicted molar refractivity (Wildman–Crippen MR) is 99.1 cm³/mol. The van der Waals surface area contributed by atoms with Gasteiger partial charge in [-0.3, -0.25) is 4.79 Å². The van der Waals surface area contributed by atoms with Gasteiger partial charge in [-0.15, -0.1) is 0 Å². The van der Waals surface area contributed by atoms with Crippen molar-refractivity contribution in [2.24, 2.45) is 0 Å². The number of sulfonamides is 1. The normalized spacial score (nSPS) is 22.3. The van der Waals surface area contributed by atoms with E-state index in [4.69, 9.17) is 0 Å². The molecule has 1 fully saturated rings. The van der Waals surface area contributed by atoms with Crippen molar-refractivity contribution in [2.75, 3.05) is 19.6 Å². The zero-order valence-electron chi connectivity index (χ0n) is 15.2. The molecule has 0 aliphatic carbocycles. The third-order valence-corrected chi connectivity index (χ3v) is 7.28. The topological polar surface area (TPSA) is 57.7 Å². The van der Waals surface area contributed by atoms with Crippen LogP contribution in [-0.4, -0.2) is 43.2 Å². The molecule has 0 saturated carbocycles. The van der Waals surface area contributed by atoms with Gasteiger partial charge >= 0.3 is 0 Å². The van der Waals surface area contributed by atoms with E-state index >= 15 is 0 Å². The standard InChI is InChI=1S/C20H21FN2O3S/c1-20(2)13-23-18(16-5-3-4-6-17(16)20)11-22(12-19(23)24)27(25,26)15-9-7-14(21)8-10-15/h3-10,18H,11-13H2,1-2H3. The van der Waals surface area contributed by atoms with Crippen LogP contribution in [0.3, 0.4) is 0 Å². The molecule has 0 radical (unpaired) electrons. The Kier molecular flexibility index (Phi) is 4.12. The lowest BCUT2D eigenvalue weighted by Gasteiger charge is -2.49. The first-order valence-electron chi connectivity index (χ1n) is 8.85. The molecule has 27 heavy (non-hydrogen) atoms. The van der Waals surface area contributed by atoms with Gasteiger partial charge in [-0.1, -0.05) is 38.1 Å². The molecule has 0 aromatic heterocycles. The Labute approximate surface area is 158 Å². The maximum Gasteiger partial charge on any atom is 0.243 e. The molecule has 2 aliphatic rings. The van der Waals surface area contributed by atoms with Gasteiger partial charge < -0.3 is 4.90 Å². The van der Waals surface area contributed by atoms with Gasteiger partial charge in [0, 0.05) is 18.5 Å². The Balaban J connectivity index is 1.73. The van der Waals surface area contributed by atoms with Crippen molar-refractivity contribution in [3.63, 3.8) is 0 Å². The van der Waals surface area contributed by atoms with Gasteiger partial charge in [-0.05, 0) is 35.4 Å². The average molecular weight is 388 g/mol. The lowest BCUT2D eigenvalue weighted by atomic mass is 9.75. The minimum Gasteiger partial charge on any atom is -0.332 e. The summed E-state index contributed by atoms with van der Waals surface area (Å²) in [6.07, 6.45) is 0. The van der Waals surface area contributed by atoms with Crippen molar-refractivity contribution in [3.05, 3.63) is 65.5 Å². The lowest BCUT2D eigenvalue weighted by molar-refractivity contribution is -0.139. The van der Waals surface area contributed by atoms with E-state index in [9.17, 15) is 17.6 Å². The number of nitrogens with zero attached hydrogens (tertiary/aromatic N) is 2. The molecule has 1 atom stereocenters. The van der Waals surface area contributed by atoms with Crippen LogP contribution in [0.25, 0.3) is 0 Å². The first-order chi connectivity index (χ1) is 12.7. The molecule has 0 spiro atoms. The van der Waals surface area contributed by atoms with Crippen LogP contribution in [0, 0.1) is 5.82 Å². The Bertz CT molecular complexity index is 1000. The molecule has 4 rings (SSSR count). The number of fused-ring (bicyclic) bond motifs is 3. The van der Waals surface area contributed by atoms with Crippen molar-refractivity contribution in [1.29, 1.82) is 0 Å². The zero-order chi connectivity index (χ0) is 19.4. The minimum absolute atomic E-state index is 0.00502. The summed E-state index contributed by atoms with van der Waals surface area (Å²) in [4.78, 5) is 14.6. The SMILES string of the molecule is CC1(C)CN2C(=O)CN(S(=O)(=O)c3ccc(F)cc3)CC2c2ccccc21. The largest absolute Gasteiger partial charge is 0.332 e. The highest BCUT2D eigenvalue weighted by atomic mass is 32.2. The van der Waals surface area contributed by atoms with Gasteiger partial charge in [0.15, 0.2) is 0 Å². The Morgan fingerprint density at radius 1 is 1.07 bits per heavy atom.